The molecule has 10 heteroatoms. The van der Waals surface area contributed by atoms with Gasteiger partial charge in [0.25, 0.3) is 5.69 Å². The standard InChI is InChI=1S/C21H27ClN6O2.HI/c1-23-21(25-12-3-2-5-16-7-9-18(10-8-16)28(29)30)26-17-11-14-27(15-17)20-19(22)6-4-13-24-20;/h4,6-10,13,17H,2-3,5,11-12,14-15H2,1H3,(H2,23,25,26);1H. The molecule has 2 aromatic rings. The van der Waals surface area contributed by atoms with Crippen molar-refractivity contribution in [2.75, 3.05) is 31.6 Å². The van der Waals surface area contributed by atoms with Gasteiger partial charge in [-0.15, -0.1) is 24.0 Å². The van der Waals surface area contributed by atoms with Crippen LogP contribution in [-0.2, 0) is 6.42 Å². The molecule has 1 aliphatic heterocycles. The molecule has 2 N–H and O–H groups in total. The number of hydrogen-bond donors (Lipinski definition) is 2. The third kappa shape index (κ3) is 7.49. The van der Waals surface area contributed by atoms with Crippen molar-refractivity contribution in [3.8, 4) is 0 Å². The van der Waals surface area contributed by atoms with Crippen LogP contribution in [0, 0.1) is 10.1 Å². The number of benzene rings is 1. The summed E-state index contributed by atoms with van der Waals surface area (Å²) < 4.78 is 0. The second-order valence-electron chi connectivity index (χ2n) is 7.26. The number of nitrogens with zero attached hydrogens (tertiary/aromatic N) is 4. The normalized spacial score (nSPS) is 16.0. The Bertz CT molecular complexity index is 880. The fourth-order valence-corrected chi connectivity index (χ4v) is 3.75. The Hall–Kier alpha value is -2.14. The van der Waals surface area contributed by atoms with Crippen molar-refractivity contribution in [2.45, 2.75) is 31.7 Å². The summed E-state index contributed by atoms with van der Waals surface area (Å²) >= 11 is 6.26. The Morgan fingerprint density at radius 3 is 2.77 bits per heavy atom. The SMILES string of the molecule is CN=C(NCCCCc1ccc([N+](=O)[O-])cc1)NC1CCN(c2ncccc2Cl)C1.I. The quantitative estimate of drug-likeness (QED) is 0.127. The molecule has 0 spiro atoms. The maximum absolute atomic E-state index is 10.7. The number of nitro benzene ring substituents is 1. The van der Waals surface area contributed by atoms with Crippen molar-refractivity contribution in [1.29, 1.82) is 0 Å². The Labute approximate surface area is 204 Å². The third-order valence-electron chi connectivity index (χ3n) is 5.12. The van der Waals surface area contributed by atoms with Crippen LogP contribution in [-0.4, -0.2) is 48.6 Å². The summed E-state index contributed by atoms with van der Waals surface area (Å²) in [4.78, 5) is 21.2. The van der Waals surface area contributed by atoms with Gasteiger partial charge in [-0.2, -0.15) is 0 Å². The summed E-state index contributed by atoms with van der Waals surface area (Å²) in [7, 11) is 1.77. The molecule has 0 amide bonds. The van der Waals surface area contributed by atoms with E-state index in [-0.39, 0.29) is 40.6 Å². The first kappa shape index (κ1) is 25.1. The van der Waals surface area contributed by atoms with E-state index in [9.17, 15) is 10.1 Å². The molecule has 168 valence electrons. The molecule has 1 fully saturated rings. The first-order chi connectivity index (χ1) is 14.6. The summed E-state index contributed by atoms with van der Waals surface area (Å²) in [5, 5.41) is 18.2. The topological polar surface area (TPSA) is 95.7 Å². The number of halogens is 2. The molecule has 0 aliphatic carbocycles. The molecule has 1 aromatic heterocycles. The number of rotatable bonds is 8. The Morgan fingerprint density at radius 2 is 2.10 bits per heavy atom. The van der Waals surface area contributed by atoms with Crippen molar-refractivity contribution in [2.24, 2.45) is 4.99 Å². The van der Waals surface area contributed by atoms with Crippen molar-refractivity contribution in [1.82, 2.24) is 15.6 Å². The zero-order valence-corrected chi connectivity index (χ0v) is 20.5. The number of aryl methyl sites for hydroxylation is 1. The van der Waals surface area contributed by atoms with Crippen LogP contribution in [0.4, 0.5) is 11.5 Å². The average Bonchev–Trinajstić information content (AvgIpc) is 3.21. The van der Waals surface area contributed by atoms with E-state index in [1.54, 1.807) is 25.4 Å². The van der Waals surface area contributed by atoms with Crippen LogP contribution in [0.5, 0.6) is 0 Å². The van der Waals surface area contributed by atoms with Crippen LogP contribution >= 0.6 is 35.6 Å². The number of guanidine groups is 1. The van der Waals surface area contributed by atoms with Gasteiger partial charge >= 0.3 is 0 Å². The summed E-state index contributed by atoms with van der Waals surface area (Å²) in [6.07, 6.45) is 5.64. The molecule has 8 nitrogen and oxygen atoms in total. The number of nitrogens with one attached hydrogen (secondary N) is 2. The molecule has 2 heterocycles. The van der Waals surface area contributed by atoms with Gasteiger partial charge in [0.05, 0.1) is 9.95 Å². The summed E-state index contributed by atoms with van der Waals surface area (Å²) in [6.45, 7) is 2.55. The Kier molecular flexibility index (Phi) is 10.3. The van der Waals surface area contributed by atoms with E-state index in [1.165, 1.54) is 0 Å². The number of non-ortho nitro benzene ring substituents is 1. The van der Waals surface area contributed by atoms with Gasteiger partial charge in [-0.05, 0) is 43.4 Å². The second-order valence-corrected chi connectivity index (χ2v) is 7.67. The largest absolute Gasteiger partial charge is 0.356 e. The van der Waals surface area contributed by atoms with Gasteiger partial charge in [0, 0.05) is 51.1 Å². The highest BCUT2D eigenvalue weighted by Crippen LogP contribution is 2.25. The maximum Gasteiger partial charge on any atom is 0.269 e. The molecule has 0 radical (unpaired) electrons. The van der Waals surface area contributed by atoms with Crippen LogP contribution in [0.15, 0.2) is 47.6 Å². The van der Waals surface area contributed by atoms with Crippen molar-refractivity contribution >= 4 is 53.0 Å². The minimum atomic E-state index is -0.374. The highest BCUT2D eigenvalue weighted by atomic mass is 127. The highest BCUT2D eigenvalue weighted by Gasteiger charge is 2.25. The zero-order chi connectivity index (χ0) is 21.3. The van der Waals surface area contributed by atoms with E-state index in [1.807, 2.05) is 24.3 Å². The lowest BCUT2D eigenvalue weighted by atomic mass is 10.1. The molecule has 1 aliphatic rings. The molecule has 1 saturated heterocycles. The lowest BCUT2D eigenvalue weighted by Gasteiger charge is -2.20. The Morgan fingerprint density at radius 1 is 1.32 bits per heavy atom. The minimum absolute atomic E-state index is 0. The second kappa shape index (κ2) is 12.7. The van der Waals surface area contributed by atoms with Gasteiger partial charge in [0.2, 0.25) is 0 Å². The molecule has 0 saturated carbocycles. The molecular weight excluding hydrogens is 531 g/mol. The molecule has 31 heavy (non-hydrogen) atoms. The summed E-state index contributed by atoms with van der Waals surface area (Å²) in [5.74, 6) is 1.63. The zero-order valence-electron chi connectivity index (χ0n) is 17.5. The summed E-state index contributed by atoms with van der Waals surface area (Å²) in [5.41, 5.74) is 1.24. The lowest BCUT2D eigenvalue weighted by Crippen LogP contribution is -2.44. The minimum Gasteiger partial charge on any atom is -0.356 e. The van der Waals surface area contributed by atoms with E-state index in [0.29, 0.717) is 5.02 Å². The van der Waals surface area contributed by atoms with Crippen molar-refractivity contribution < 1.29 is 4.92 Å². The third-order valence-corrected chi connectivity index (χ3v) is 5.42. The van der Waals surface area contributed by atoms with Crippen LogP contribution in [0.25, 0.3) is 0 Å². The van der Waals surface area contributed by atoms with Gasteiger partial charge in [-0.3, -0.25) is 15.1 Å². The molecular formula is C21H28ClIN6O2. The van der Waals surface area contributed by atoms with Gasteiger partial charge in [0.15, 0.2) is 5.96 Å². The van der Waals surface area contributed by atoms with Crippen molar-refractivity contribution in [3.63, 3.8) is 0 Å². The van der Waals surface area contributed by atoms with Crippen LogP contribution < -0.4 is 15.5 Å². The van der Waals surface area contributed by atoms with Gasteiger partial charge < -0.3 is 15.5 Å². The molecule has 3 rings (SSSR count). The molecule has 1 unspecified atom stereocenters. The number of unbranched alkanes of at least 4 members (excludes halogenated alkanes) is 1. The Balaban J connectivity index is 0.00000341. The number of aliphatic imine (C=N–C) groups is 1. The van der Waals surface area contributed by atoms with Crippen LogP contribution in [0.3, 0.4) is 0 Å². The van der Waals surface area contributed by atoms with Crippen LogP contribution in [0.2, 0.25) is 5.02 Å². The fourth-order valence-electron chi connectivity index (χ4n) is 3.51. The number of anilines is 1. The van der Waals surface area contributed by atoms with E-state index in [0.717, 1.165) is 62.7 Å². The average molecular weight is 559 g/mol. The van der Waals surface area contributed by atoms with E-state index >= 15 is 0 Å². The number of pyridine rings is 1. The number of aromatic nitrogens is 1. The van der Waals surface area contributed by atoms with Gasteiger partial charge in [-0.1, -0.05) is 23.7 Å². The lowest BCUT2D eigenvalue weighted by molar-refractivity contribution is -0.384. The number of hydrogen-bond acceptors (Lipinski definition) is 5. The maximum atomic E-state index is 10.7. The van der Waals surface area contributed by atoms with E-state index in [2.05, 4.69) is 25.5 Å². The fraction of sp³-hybridized carbons (Fsp3) is 0.429. The van der Waals surface area contributed by atoms with Gasteiger partial charge in [-0.25, -0.2) is 4.98 Å². The molecule has 0 bridgehead atoms. The first-order valence-corrected chi connectivity index (χ1v) is 10.5. The predicted octanol–water partition coefficient (Wildman–Crippen LogP) is 4.03. The molecule has 1 aromatic carbocycles. The monoisotopic (exact) mass is 558 g/mol. The first-order valence-electron chi connectivity index (χ1n) is 10.1. The van der Waals surface area contributed by atoms with E-state index < -0.39 is 0 Å². The molecule has 1 atom stereocenters. The van der Waals surface area contributed by atoms with Crippen molar-refractivity contribution in [3.05, 3.63) is 63.3 Å². The van der Waals surface area contributed by atoms with Gasteiger partial charge in [0.1, 0.15) is 5.82 Å². The van der Waals surface area contributed by atoms with Crippen LogP contribution in [0.1, 0.15) is 24.8 Å². The smallest absolute Gasteiger partial charge is 0.269 e. The number of nitro groups is 1. The predicted molar refractivity (Wildman–Crippen MR) is 136 cm³/mol. The highest BCUT2D eigenvalue weighted by molar-refractivity contribution is 14.0. The van der Waals surface area contributed by atoms with E-state index in [4.69, 9.17) is 11.6 Å². The summed E-state index contributed by atoms with van der Waals surface area (Å²) in [6, 6.07) is 10.8.